The van der Waals surface area contributed by atoms with E-state index in [4.69, 9.17) is 0 Å². The standard InChI is InChI=1S/C13H17FN2O/c1-15-8-12(17)16-9-13(5-6-13)10-3-2-4-11(14)7-10/h2-4,7,15H,5-6,8-9H2,1H3,(H,16,17). The van der Waals surface area contributed by atoms with Gasteiger partial charge in [0.05, 0.1) is 6.54 Å². The van der Waals surface area contributed by atoms with Gasteiger partial charge in [0, 0.05) is 12.0 Å². The first-order chi connectivity index (χ1) is 8.16. The van der Waals surface area contributed by atoms with Gasteiger partial charge in [-0.15, -0.1) is 0 Å². The largest absolute Gasteiger partial charge is 0.354 e. The zero-order valence-electron chi connectivity index (χ0n) is 9.92. The highest BCUT2D eigenvalue weighted by Gasteiger charge is 2.44. The smallest absolute Gasteiger partial charge is 0.233 e. The lowest BCUT2D eigenvalue weighted by Gasteiger charge is -2.16. The molecule has 0 radical (unpaired) electrons. The fraction of sp³-hybridized carbons (Fsp3) is 0.462. The van der Waals surface area contributed by atoms with Crippen LogP contribution in [-0.4, -0.2) is 26.0 Å². The van der Waals surface area contributed by atoms with Crippen LogP contribution in [0.3, 0.4) is 0 Å². The quantitative estimate of drug-likeness (QED) is 0.806. The molecule has 0 aromatic heterocycles. The van der Waals surface area contributed by atoms with Crippen molar-refractivity contribution in [1.82, 2.24) is 10.6 Å². The van der Waals surface area contributed by atoms with Crippen LogP contribution in [0.5, 0.6) is 0 Å². The van der Waals surface area contributed by atoms with Crippen molar-refractivity contribution in [3.05, 3.63) is 35.6 Å². The van der Waals surface area contributed by atoms with Gasteiger partial charge in [0.2, 0.25) is 5.91 Å². The summed E-state index contributed by atoms with van der Waals surface area (Å²) in [5.41, 5.74) is 0.952. The number of carbonyl (C=O) groups excluding carboxylic acids is 1. The van der Waals surface area contributed by atoms with Crippen LogP contribution < -0.4 is 10.6 Å². The molecule has 4 heteroatoms. The third-order valence-electron chi connectivity index (χ3n) is 3.25. The van der Waals surface area contributed by atoms with Gasteiger partial charge in [-0.05, 0) is 37.6 Å². The molecule has 1 aromatic rings. The Bertz CT molecular complexity index is 416. The van der Waals surface area contributed by atoms with Gasteiger partial charge in [0.25, 0.3) is 0 Å². The number of likely N-dealkylation sites (N-methyl/N-ethyl adjacent to an activating group) is 1. The first-order valence-electron chi connectivity index (χ1n) is 5.84. The van der Waals surface area contributed by atoms with E-state index in [9.17, 15) is 9.18 Å². The average Bonchev–Trinajstić information content (AvgIpc) is 3.08. The minimum Gasteiger partial charge on any atom is -0.354 e. The highest BCUT2D eigenvalue weighted by atomic mass is 19.1. The van der Waals surface area contributed by atoms with Crippen molar-refractivity contribution in [3.63, 3.8) is 0 Å². The number of amides is 1. The molecule has 3 nitrogen and oxygen atoms in total. The molecule has 2 N–H and O–H groups in total. The van der Waals surface area contributed by atoms with E-state index >= 15 is 0 Å². The fourth-order valence-corrected chi connectivity index (χ4v) is 2.03. The Kier molecular flexibility index (Phi) is 3.43. The number of nitrogens with one attached hydrogen (secondary N) is 2. The molecule has 0 spiro atoms. The van der Waals surface area contributed by atoms with Crippen LogP contribution in [0.4, 0.5) is 4.39 Å². The predicted octanol–water partition coefficient (Wildman–Crippen LogP) is 1.19. The van der Waals surface area contributed by atoms with Gasteiger partial charge in [-0.3, -0.25) is 4.79 Å². The molecule has 0 heterocycles. The first kappa shape index (κ1) is 12.0. The van der Waals surface area contributed by atoms with Crippen LogP contribution >= 0.6 is 0 Å². The van der Waals surface area contributed by atoms with Gasteiger partial charge in [0.1, 0.15) is 5.82 Å². The van der Waals surface area contributed by atoms with Crippen molar-refractivity contribution in [2.75, 3.05) is 20.1 Å². The lowest BCUT2D eigenvalue weighted by molar-refractivity contribution is -0.120. The molecule has 0 atom stereocenters. The Morgan fingerprint density at radius 2 is 2.24 bits per heavy atom. The van der Waals surface area contributed by atoms with Crippen molar-refractivity contribution in [3.8, 4) is 0 Å². The number of halogens is 1. The van der Waals surface area contributed by atoms with E-state index in [0.717, 1.165) is 18.4 Å². The maximum absolute atomic E-state index is 13.1. The Balaban J connectivity index is 1.98. The molecular formula is C13H17FN2O. The Labute approximate surface area is 100 Å². The van der Waals surface area contributed by atoms with E-state index in [1.54, 1.807) is 19.2 Å². The molecule has 1 saturated carbocycles. The van der Waals surface area contributed by atoms with E-state index in [-0.39, 0.29) is 17.1 Å². The molecule has 0 unspecified atom stereocenters. The summed E-state index contributed by atoms with van der Waals surface area (Å²) in [6, 6.07) is 6.66. The number of hydrogen-bond donors (Lipinski definition) is 2. The van der Waals surface area contributed by atoms with Crippen molar-refractivity contribution in [2.45, 2.75) is 18.3 Å². The minimum absolute atomic E-state index is 0.0184. The first-order valence-corrected chi connectivity index (χ1v) is 5.84. The van der Waals surface area contributed by atoms with Crippen molar-refractivity contribution in [2.24, 2.45) is 0 Å². The Hall–Kier alpha value is -1.42. The van der Waals surface area contributed by atoms with E-state index in [1.807, 2.05) is 6.07 Å². The molecular weight excluding hydrogens is 219 g/mol. The SMILES string of the molecule is CNCC(=O)NCC1(c2cccc(F)c2)CC1. The maximum atomic E-state index is 13.1. The molecule has 2 rings (SSSR count). The predicted molar refractivity (Wildman–Crippen MR) is 64.2 cm³/mol. The molecule has 1 aliphatic rings. The highest BCUT2D eigenvalue weighted by molar-refractivity contribution is 5.78. The van der Waals surface area contributed by atoms with Gasteiger partial charge in [-0.2, -0.15) is 0 Å². The molecule has 1 aliphatic carbocycles. The zero-order chi connectivity index (χ0) is 12.3. The summed E-state index contributed by atoms with van der Waals surface area (Å²) >= 11 is 0. The lowest BCUT2D eigenvalue weighted by atomic mass is 9.96. The molecule has 0 bridgehead atoms. The topological polar surface area (TPSA) is 41.1 Å². The van der Waals surface area contributed by atoms with Crippen LogP contribution in [-0.2, 0) is 10.2 Å². The summed E-state index contributed by atoms with van der Waals surface area (Å²) in [6.45, 7) is 0.913. The van der Waals surface area contributed by atoms with Crippen LogP contribution in [0.1, 0.15) is 18.4 Å². The Morgan fingerprint density at radius 3 is 2.82 bits per heavy atom. The number of benzene rings is 1. The fourth-order valence-electron chi connectivity index (χ4n) is 2.03. The number of carbonyl (C=O) groups is 1. The van der Waals surface area contributed by atoms with Gasteiger partial charge >= 0.3 is 0 Å². The summed E-state index contributed by atoms with van der Waals surface area (Å²) in [5, 5.41) is 5.68. The number of rotatable bonds is 5. The second-order valence-corrected chi connectivity index (χ2v) is 4.60. The summed E-state index contributed by atoms with van der Waals surface area (Å²) in [6.07, 6.45) is 2.02. The van der Waals surface area contributed by atoms with Gasteiger partial charge in [-0.25, -0.2) is 4.39 Å². The van der Waals surface area contributed by atoms with E-state index in [2.05, 4.69) is 10.6 Å². The normalized spacial score (nSPS) is 16.6. The van der Waals surface area contributed by atoms with Crippen molar-refractivity contribution >= 4 is 5.91 Å². The zero-order valence-corrected chi connectivity index (χ0v) is 9.92. The van der Waals surface area contributed by atoms with Crippen molar-refractivity contribution in [1.29, 1.82) is 0 Å². The lowest BCUT2D eigenvalue weighted by Crippen LogP contribution is -2.37. The molecule has 1 aromatic carbocycles. The van der Waals surface area contributed by atoms with Crippen LogP contribution in [0.2, 0.25) is 0 Å². The van der Waals surface area contributed by atoms with Gasteiger partial charge in [0.15, 0.2) is 0 Å². The second-order valence-electron chi connectivity index (χ2n) is 4.60. The summed E-state index contributed by atoms with van der Waals surface area (Å²) in [7, 11) is 1.74. The molecule has 1 fully saturated rings. The third kappa shape index (κ3) is 2.82. The summed E-state index contributed by atoms with van der Waals surface area (Å²) < 4.78 is 13.1. The molecule has 17 heavy (non-hydrogen) atoms. The molecule has 0 saturated heterocycles. The summed E-state index contributed by atoms with van der Waals surface area (Å²) in [5.74, 6) is -0.231. The number of hydrogen-bond acceptors (Lipinski definition) is 2. The van der Waals surface area contributed by atoms with Crippen LogP contribution in [0.25, 0.3) is 0 Å². The molecule has 0 aliphatic heterocycles. The van der Waals surface area contributed by atoms with Crippen LogP contribution in [0.15, 0.2) is 24.3 Å². The maximum Gasteiger partial charge on any atom is 0.233 e. The average molecular weight is 236 g/mol. The monoisotopic (exact) mass is 236 g/mol. The van der Waals surface area contributed by atoms with Gasteiger partial charge < -0.3 is 10.6 Å². The minimum atomic E-state index is -0.213. The van der Waals surface area contributed by atoms with Gasteiger partial charge in [-0.1, -0.05) is 12.1 Å². The van der Waals surface area contributed by atoms with Crippen molar-refractivity contribution < 1.29 is 9.18 Å². The van der Waals surface area contributed by atoms with E-state index in [1.165, 1.54) is 6.07 Å². The summed E-state index contributed by atoms with van der Waals surface area (Å²) in [4.78, 5) is 11.4. The van der Waals surface area contributed by atoms with Crippen LogP contribution in [0, 0.1) is 5.82 Å². The highest BCUT2D eigenvalue weighted by Crippen LogP contribution is 2.47. The third-order valence-corrected chi connectivity index (χ3v) is 3.25. The van der Waals surface area contributed by atoms with E-state index < -0.39 is 0 Å². The Morgan fingerprint density at radius 1 is 1.47 bits per heavy atom. The second kappa shape index (κ2) is 4.84. The van der Waals surface area contributed by atoms with E-state index in [0.29, 0.717) is 13.1 Å². The molecule has 92 valence electrons. The molecule has 1 amide bonds.